The molecule has 0 aromatic carbocycles. The molecule has 0 saturated carbocycles. The van der Waals surface area contributed by atoms with E-state index >= 15 is 0 Å². The predicted molar refractivity (Wildman–Crippen MR) is 50.3 cm³/mol. The van der Waals surface area contributed by atoms with Crippen molar-refractivity contribution in [2.75, 3.05) is 11.9 Å². The van der Waals surface area contributed by atoms with Crippen LogP contribution in [0.15, 0.2) is 6.07 Å². The summed E-state index contributed by atoms with van der Waals surface area (Å²) < 4.78 is 0. The molecule has 0 saturated heterocycles. The Labute approximate surface area is 77.6 Å². The van der Waals surface area contributed by atoms with Crippen LogP contribution in [0.2, 0.25) is 0 Å². The number of nitrogens with one attached hydrogen (secondary N) is 1. The first-order valence-electron chi connectivity index (χ1n) is 4.26. The summed E-state index contributed by atoms with van der Waals surface area (Å²) in [6.45, 7) is 4.71. The first kappa shape index (κ1) is 9.46. The fourth-order valence-corrected chi connectivity index (χ4v) is 0.969. The van der Waals surface area contributed by atoms with Crippen molar-refractivity contribution in [3.8, 4) is 6.07 Å². The van der Waals surface area contributed by atoms with Crippen LogP contribution in [0.25, 0.3) is 0 Å². The molecule has 0 spiro atoms. The molecule has 13 heavy (non-hydrogen) atoms. The van der Waals surface area contributed by atoms with Crippen molar-refractivity contribution in [1.29, 1.82) is 5.26 Å². The van der Waals surface area contributed by atoms with Crippen molar-refractivity contribution in [2.45, 2.75) is 20.3 Å². The Balaban J connectivity index is 2.83. The summed E-state index contributed by atoms with van der Waals surface area (Å²) in [5.41, 5.74) is 0.408. The zero-order valence-corrected chi connectivity index (χ0v) is 7.83. The quantitative estimate of drug-likeness (QED) is 0.757. The Morgan fingerprint density at radius 1 is 1.54 bits per heavy atom. The molecule has 0 atom stereocenters. The largest absolute Gasteiger partial charge is 0.370 e. The second kappa shape index (κ2) is 4.41. The van der Waals surface area contributed by atoms with Gasteiger partial charge < -0.3 is 5.32 Å². The van der Waals surface area contributed by atoms with E-state index in [9.17, 15) is 0 Å². The third kappa shape index (κ3) is 2.71. The lowest BCUT2D eigenvalue weighted by atomic mass is 10.4. The number of hydrogen-bond donors (Lipinski definition) is 1. The van der Waals surface area contributed by atoms with E-state index in [0.29, 0.717) is 11.5 Å². The predicted octanol–water partition coefficient (Wildman–Crippen LogP) is 1.48. The number of anilines is 1. The van der Waals surface area contributed by atoms with Crippen LogP contribution in [-0.2, 0) is 0 Å². The SMILES string of the molecule is CCCNc1cc(C#N)nc(C)n1. The van der Waals surface area contributed by atoms with Crippen LogP contribution in [0.4, 0.5) is 5.82 Å². The average molecular weight is 176 g/mol. The second-order valence-corrected chi connectivity index (χ2v) is 2.72. The maximum Gasteiger partial charge on any atom is 0.146 e. The van der Waals surface area contributed by atoms with Crippen LogP contribution < -0.4 is 5.32 Å². The van der Waals surface area contributed by atoms with Crippen LogP contribution in [0.5, 0.6) is 0 Å². The Hall–Kier alpha value is -1.63. The van der Waals surface area contributed by atoms with Crippen LogP contribution in [0.3, 0.4) is 0 Å². The zero-order chi connectivity index (χ0) is 9.68. The molecule has 1 aromatic heterocycles. The fourth-order valence-electron chi connectivity index (χ4n) is 0.969. The minimum Gasteiger partial charge on any atom is -0.370 e. The minimum absolute atomic E-state index is 0.408. The second-order valence-electron chi connectivity index (χ2n) is 2.72. The minimum atomic E-state index is 0.408. The van der Waals surface area contributed by atoms with Gasteiger partial charge in [-0.1, -0.05) is 6.92 Å². The van der Waals surface area contributed by atoms with Crippen molar-refractivity contribution in [2.24, 2.45) is 0 Å². The van der Waals surface area contributed by atoms with Gasteiger partial charge in [0, 0.05) is 12.6 Å². The van der Waals surface area contributed by atoms with Gasteiger partial charge in [0.1, 0.15) is 23.4 Å². The standard InChI is InChI=1S/C9H12N4/c1-3-4-11-9-5-8(6-10)12-7(2)13-9/h5H,3-4H2,1-2H3,(H,11,12,13). The third-order valence-electron chi connectivity index (χ3n) is 1.51. The van der Waals surface area contributed by atoms with E-state index in [1.165, 1.54) is 0 Å². The van der Waals surface area contributed by atoms with Gasteiger partial charge >= 0.3 is 0 Å². The molecule has 0 aliphatic carbocycles. The number of nitrogens with zero attached hydrogens (tertiary/aromatic N) is 3. The Kier molecular flexibility index (Phi) is 3.21. The molecule has 4 nitrogen and oxygen atoms in total. The number of hydrogen-bond acceptors (Lipinski definition) is 4. The normalized spacial score (nSPS) is 9.31. The van der Waals surface area contributed by atoms with Crippen molar-refractivity contribution in [3.05, 3.63) is 17.6 Å². The third-order valence-corrected chi connectivity index (χ3v) is 1.51. The molecule has 0 aliphatic heterocycles. The van der Waals surface area contributed by atoms with Gasteiger partial charge in [-0.25, -0.2) is 9.97 Å². The highest BCUT2D eigenvalue weighted by Crippen LogP contribution is 2.05. The summed E-state index contributed by atoms with van der Waals surface area (Å²) in [4.78, 5) is 8.09. The Morgan fingerprint density at radius 3 is 2.92 bits per heavy atom. The molecule has 0 amide bonds. The number of rotatable bonds is 3. The van der Waals surface area contributed by atoms with Crippen LogP contribution in [0.1, 0.15) is 24.9 Å². The maximum atomic E-state index is 8.64. The average Bonchev–Trinajstić information content (AvgIpc) is 2.14. The first-order valence-corrected chi connectivity index (χ1v) is 4.26. The fraction of sp³-hybridized carbons (Fsp3) is 0.444. The molecule has 0 bridgehead atoms. The molecule has 1 rings (SSSR count). The molecule has 68 valence electrons. The Morgan fingerprint density at radius 2 is 2.31 bits per heavy atom. The van der Waals surface area contributed by atoms with E-state index in [1.54, 1.807) is 13.0 Å². The lowest BCUT2D eigenvalue weighted by molar-refractivity contribution is 0.951. The van der Waals surface area contributed by atoms with E-state index in [2.05, 4.69) is 22.2 Å². The molecule has 0 fully saturated rings. The first-order chi connectivity index (χ1) is 6.26. The maximum absolute atomic E-state index is 8.64. The summed E-state index contributed by atoms with van der Waals surface area (Å²) in [5.74, 6) is 1.35. The van der Waals surface area contributed by atoms with Crippen molar-refractivity contribution >= 4 is 5.82 Å². The molecule has 0 aliphatic rings. The lowest BCUT2D eigenvalue weighted by Crippen LogP contribution is -2.04. The molecule has 4 heteroatoms. The van der Waals surface area contributed by atoms with E-state index in [1.807, 2.05) is 6.07 Å². The van der Waals surface area contributed by atoms with E-state index in [-0.39, 0.29) is 0 Å². The van der Waals surface area contributed by atoms with E-state index in [4.69, 9.17) is 5.26 Å². The summed E-state index contributed by atoms with van der Waals surface area (Å²) in [5, 5.41) is 11.8. The molecule has 1 N–H and O–H groups in total. The van der Waals surface area contributed by atoms with Crippen molar-refractivity contribution in [3.63, 3.8) is 0 Å². The van der Waals surface area contributed by atoms with E-state index in [0.717, 1.165) is 18.8 Å². The molecule has 0 radical (unpaired) electrons. The molecule has 1 heterocycles. The molecule has 0 unspecified atom stereocenters. The highest BCUT2D eigenvalue weighted by molar-refractivity contribution is 5.39. The zero-order valence-electron chi connectivity index (χ0n) is 7.83. The van der Waals surface area contributed by atoms with Gasteiger partial charge in [-0.05, 0) is 13.3 Å². The monoisotopic (exact) mass is 176 g/mol. The molecular formula is C9H12N4. The summed E-state index contributed by atoms with van der Waals surface area (Å²) in [6.07, 6.45) is 1.03. The van der Waals surface area contributed by atoms with Gasteiger partial charge in [0.05, 0.1) is 0 Å². The Bertz CT molecular complexity index is 327. The highest BCUT2D eigenvalue weighted by Gasteiger charge is 1.99. The summed E-state index contributed by atoms with van der Waals surface area (Å²) >= 11 is 0. The number of aromatic nitrogens is 2. The van der Waals surface area contributed by atoms with Gasteiger partial charge in [-0.3, -0.25) is 0 Å². The van der Waals surface area contributed by atoms with Gasteiger partial charge in [0.2, 0.25) is 0 Å². The van der Waals surface area contributed by atoms with Gasteiger partial charge in [0.15, 0.2) is 0 Å². The number of nitriles is 1. The van der Waals surface area contributed by atoms with Crippen molar-refractivity contribution < 1.29 is 0 Å². The molecular weight excluding hydrogens is 164 g/mol. The smallest absolute Gasteiger partial charge is 0.146 e. The van der Waals surface area contributed by atoms with Crippen LogP contribution in [-0.4, -0.2) is 16.5 Å². The van der Waals surface area contributed by atoms with E-state index < -0.39 is 0 Å². The lowest BCUT2D eigenvalue weighted by Gasteiger charge is -2.03. The van der Waals surface area contributed by atoms with Crippen LogP contribution >= 0.6 is 0 Å². The van der Waals surface area contributed by atoms with Gasteiger partial charge in [0.25, 0.3) is 0 Å². The van der Waals surface area contributed by atoms with Gasteiger partial charge in [-0.2, -0.15) is 5.26 Å². The number of aryl methyl sites for hydroxylation is 1. The summed E-state index contributed by atoms with van der Waals surface area (Å²) in [6, 6.07) is 3.65. The van der Waals surface area contributed by atoms with Gasteiger partial charge in [-0.15, -0.1) is 0 Å². The summed E-state index contributed by atoms with van der Waals surface area (Å²) in [7, 11) is 0. The van der Waals surface area contributed by atoms with Crippen molar-refractivity contribution in [1.82, 2.24) is 9.97 Å². The van der Waals surface area contributed by atoms with Crippen LogP contribution in [0, 0.1) is 18.3 Å². The highest BCUT2D eigenvalue weighted by atomic mass is 15.0. The topological polar surface area (TPSA) is 61.6 Å². The molecule has 1 aromatic rings.